The molecule has 168 valence electrons. The molecule has 32 heavy (non-hydrogen) atoms. The lowest BCUT2D eigenvalue weighted by Gasteiger charge is -2.13. The molecule has 0 heterocycles. The van der Waals surface area contributed by atoms with Gasteiger partial charge >= 0.3 is 6.18 Å². The van der Waals surface area contributed by atoms with Crippen LogP contribution < -0.4 is 9.47 Å². The van der Waals surface area contributed by atoms with Crippen molar-refractivity contribution in [1.82, 2.24) is 0 Å². The number of halogens is 5. The lowest BCUT2D eigenvalue weighted by atomic mass is 10.1. The molecule has 0 unspecified atom stereocenters. The first-order valence-electron chi connectivity index (χ1n) is 9.60. The van der Waals surface area contributed by atoms with Gasteiger partial charge in [-0.05, 0) is 66.6 Å². The summed E-state index contributed by atoms with van der Waals surface area (Å²) in [6.07, 6.45) is -3.97. The van der Waals surface area contributed by atoms with Gasteiger partial charge in [-0.3, -0.25) is 0 Å². The zero-order valence-electron chi connectivity index (χ0n) is 17.0. The van der Waals surface area contributed by atoms with Crippen molar-refractivity contribution in [2.45, 2.75) is 19.7 Å². The molecule has 3 nitrogen and oxygen atoms in total. The van der Waals surface area contributed by atoms with E-state index in [1.807, 2.05) is 0 Å². The molecule has 8 heteroatoms. The van der Waals surface area contributed by atoms with Crippen LogP contribution in [-0.2, 0) is 11.3 Å². The van der Waals surface area contributed by atoms with E-state index in [9.17, 15) is 17.6 Å². The molecule has 0 bridgehead atoms. The molecule has 3 rings (SSSR count). The standard InChI is InChI=1S/C24H19ClF4O3/c1-2-31-19-8-4-17(5-9-19)21(24(27,28)29)15-30-14-16-3-12-22(26)23(13-16)32-20-10-6-18(25)7-11-20/h3-13,15H,2,14H2,1H3/b21-15-. The fourth-order valence-electron chi connectivity index (χ4n) is 2.76. The van der Waals surface area contributed by atoms with Crippen molar-refractivity contribution in [1.29, 1.82) is 0 Å². The van der Waals surface area contributed by atoms with Gasteiger partial charge in [0.25, 0.3) is 0 Å². The molecule has 0 amide bonds. The number of hydrogen-bond donors (Lipinski definition) is 0. The molecule has 0 atom stereocenters. The van der Waals surface area contributed by atoms with Crippen molar-refractivity contribution < 1.29 is 31.8 Å². The lowest BCUT2D eigenvalue weighted by molar-refractivity contribution is -0.0704. The van der Waals surface area contributed by atoms with Crippen molar-refractivity contribution in [3.05, 3.63) is 95.0 Å². The monoisotopic (exact) mass is 466 g/mol. The molecule has 3 aromatic carbocycles. The first kappa shape index (κ1) is 23.5. The molecule has 0 N–H and O–H groups in total. The third kappa shape index (κ3) is 6.40. The number of benzene rings is 3. The first-order valence-corrected chi connectivity index (χ1v) is 9.98. The van der Waals surface area contributed by atoms with Gasteiger partial charge in [-0.1, -0.05) is 29.8 Å². The van der Waals surface area contributed by atoms with Crippen LogP contribution in [0, 0.1) is 5.82 Å². The highest BCUT2D eigenvalue weighted by Crippen LogP contribution is 2.35. The smallest absolute Gasteiger partial charge is 0.419 e. The lowest BCUT2D eigenvalue weighted by Crippen LogP contribution is -2.11. The Morgan fingerprint density at radius 2 is 1.59 bits per heavy atom. The Morgan fingerprint density at radius 3 is 2.22 bits per heavy atom. The molecule has 0 spiro atoms. The third-order valence-electron chi connectivity index (χ3n) is 4.27. The van der Waals surface area contributed by atoms with Crippen LogP contribution in [0.1, 0.15) is 18.1 Å². The Balaban J connectivity index is 1.74. The third-order valence-corrected chi connectivity index (χ3v) is 4.52. The Bertz CT molecular complexity index is 1060. The predicted molar refractivity (Wildman–Crippen MR) is 114 cm³/mol. The fourth-order valence-corrected chi connectivity index (χ4v) is 2.89. The van der Waals surface area contributed by atoms with Gasteiger partial charge in [0.2, 0.25) is 0 Å². The normalized spacial score (nSPS) is 11.9. The SMILES string of the molecule is CCOc1ccc(/C(=C/OCc2ccc(F)c(Oc3ccc(Cl)cc3)c2)C(F)(F)F)cc1. The first-order chi connectivity index (χ1) is 15.3. The van der Waals surface area contributed by atoms with Crippen molar-refractivity contribution >= 4 is 17.2 Å². The average molecular weight is 467 g/mol. The van der Waals surface area contributed by atoms with E-state index in [2.05, 4.69) is 0 Å². The van der Waals surface area contributed by atoms with Crippen LogP contribution in [0.3, 0.4) is 0 Å². The van der Waals surface area contributed by atoms with Crippen LogP contribution in [0.5, 0.6) is 17.2 Å². The topological polar surface area (TPSA) is 27.7 Å². The molecule has 0 radical (unpaired) electrons. The van der Waals surface area contributed by atoms with Gasteiger partial charge in [-0.25, -0.2) is 4.39 Å². The maximum Gasteiger partial charge on any atom is 0.419 e. The summed E-state index contributed by atoms with van der Waals surface area (Å²) >= 11 is 5.81. The highest BCUT2D eigenvalue weighted by Gasteiger charge is 2.35. The summed E-state index contributed by atoms with van der Waals surface area (Å²) in [6, 6.07) is 15.8. The quantitative estimate of drug-likeness (QED) is 0.250. The number of hydrogen-bond acceptors (Lipinski definition) is 3. The highest BCUT2D eigenvalue weighted by molar-refractivity contribution is 6.30. The molecular formula is C24H19ClF4O3. The number of rotatable bonds is 8. The second kappa shape index (κ2) is 10.4. The molecule has 0 aliphatic carbocycles. The summed E-state index contributed by atoms with van der Waals surface area (Å²) in [5, 5.41) is 0.500. The Hall–Kier alpha value is -3.19. The molecule has 0 saturated carbocycles. The van der Waals surface area contributed by atoms with Crippen LogP contribution in [0.2, 0.25) is 5.02 Å². The molecule has 0 aromatic heterocycles. The minimum absolute atomic E-state index is 0.0631. The molecule has 0 fully saturated rings. The minimum Gasteiger partial charge on any atom is -0.496 e. The van der Waals surface area contributed by atoms with Crippen molar-refractivity contribution in [3.63, 3.8) is 0 Å². The molecule has 0 aliphatic heterocycles. The summed E-state index contributed by atoms with van der Waals surface area (Å²) in [5.74, 6) is 0.129. The largest absolute Gasteiger partial charge is 0.496 e. The number of ether oxygens (including phenoxy) is 3. The van der Waals surface area contributed by atoms with Crippen LogP contribution in [0.15, 0.2) is 73.0 Å². The van der Waals surface area contributed by atoms with E-state index in [-0.39, 0.29) is 17.9 Å². The maximum absolute atomic E-state index is 14.1. The van der Waals surface area contributed by atoms with Crippen molar-refractivity contribution in [2.24, 2.45) is 0 Å². The summed E-state index contributed by atoms with van der Waals surface area (Å²) in [6.45, 7) is 1.98. The van der Waals surface area contributed by atoms with Crippen LogP contribution >= 0.6 is 11.6 Å². The second-order valence-electron chi connectivity index (χ2n) is 6.62. The summed E-state index contributed by atoms with van der Waals surface area (Å²) in [7, 11) is 0. The predicted octanol–water partition coefficient (Wildman–Crippen LogP) is 7.79. The van der Waals surface area contributed by atoms with Gasteiger partial charge in [0.05, 0.1) is 18.4 Å². The Morgan fingerprint density at radius 1 is 0.938 bits per heavy atom. The summed E-state index contributed by atoms with van der Waals surface area (Å²) < 4.78 is 70.6. The van der Waals surface area contributed by atoms with Gasteiger partial charge in [0.1, 0.15) is 18.1 Å². The molecule has 3 aromatic rings. The summed E-state index contributed by atoms with van der Waals surface area (Å²) in [5.41, 5.74) is -0.577. The van der Waals surface area contributed by atoms with E-state index in [4.69, 9.17) is 25.8 Å². The van der Waals surface area contributed by atoms with Gasteiger partial charge < -0.3 is 14.2 Å². The average Bonchev–Trinajstić information content (AvgIpc) is 2.75. The summed E-state index contributed by atoms with van der Waals surface area (Å²) in [4.78, 5) is 0. The van der Waals surface area contributed by atoms with E-state index >= 15 is 0 Å². The number of allylic oxidation sites excluding steroid dienone is 1. The van der Waals surface area contributed by atoms with Gasteiger partial charge in [-0.15, -0.1) is 0 Å². The van der Waals surface area contributed by atoms with Crippen molar-refractivity contribution in [2.75, 3.05) is 6.61 Å². The van der Waals surface area contributed by atoms with E-state index in [1.165, 1.54) is 36.4 Å². The Labute approximate surface area is 187 Å². The maximum atomic E-state index is 14.1. The fraction of sp³-hybridized carbons (Fsp3) is 0.167. The van der Waals surface area contributed by atoms with Crippen LogP contribution in [-0.4, -0.2) is 12.8 Å². The van der Waals surface area contributed by atoms with Gasteiger partial charge in [0, 0.05) is 5.02 Å². The van der Waals surface area contributed by atoms with E-state index in [1.54, 1.807) is 31.2 Å². The molecule has 0 saturated heterocycles. The van der Waals surface area contributed by atoms with Gasteiger partial charge in [0.15, 0.2) is 11.6 Å². The highest BCUT2D eigenvalue weighted by atomic mass is 35.5. The second-order valence-corrected chi connectivity index (χ2v) is 7.05. The van der Waals surface area contributed by atoms with Crippen LogP contribution in [0.25, 0.3) is 5.57 Å². The molecular weight excluding hydrogens is 448 g/mol. The van der Waals surface area contributed by atoms with Crippen molar-refractivity contribution in [3.8, 4) is 17.2 Å². The Kier molecular flexibility index (Phi) is 7.64. The number of alkyl halides is 3. The minimum atomic E-state index is -4.63. The van der Waals surface area contributed by atoms with Crippen LogP contribution in [0.4, 0.5) is 17.6 Å². The zero-order valence-corrected chi connectivity index (χ0v) is 17.7. The van der Waals surface area contributed by atoms with E-state index in [0.29, 0.717) is 35.0 Å². The molecule has 0 aliphatic rings. The van der Waals surface area contributed by atoms with E-state index in [0.717, 1.165) is 6.07 Å². The van der Waals surface area contributed by atoms with Gasteiger partial charge in [-0.2, -0.15) is 13.2 Å². The zero-order chi connectivity index (χ0) is 23.1. The van der Waals surface area contributed by atoms with E-state index < -0.39 is 17.6 Å².